The molecule has 9 nitrogen and oxygen atoms in total. The Balaban J connectivity index is 2.23. The maximum atomic E-state index is 12.9. The van der Waals surface area contributed by atoms with Gasteiger partial charge < -0.3 is 14.2 Å². The van der Waals surface area contributed by atoms with E-state index in [1.165, 1.54) is 12.3 Å². The zero-order valence-corrected chi connectivity index (χ0v) is 17.5. The van der Waals surface area contributed by atoms with E-state index in [9.17, 15) is 24.0 Å². The molecular weight excluding hydrogens is 382 g/mol. The number of hydrogen-bond acceptors (Lipinski definition) is 8. The standard InChI is InChI=1S/C20H27NO8/c1-19(2,3)17(25)27-10-12-15(29-18(26)20(4,5)6)14(24)16(28-12)21-8-7-11(22)9-13(21)23/h7-8,12,15-16H,9-10H2,1-6H3/t12-,15-,16-/m1/s1. The molecule has 1 fully saturated rings. The second-order valence-electron chi connectivity index (χ2n) is 9.11. The molecule has 0 saturated carbocycles. The second kappa shape index (κ2) is 8.06. The van der Waals surface area contributed by atoms with E-state index in [0.717, 1.165) is 4.90 Å². The van der Waals surface area contributed by atoms with Gasteiger partial charge in [-0.05, 0) is 47.6 Å². The van der Waals surface area contributed by atoms with Gasteiger partial charge in [0.1, 0.15) is 12.7 Å². The van der Waals surface area contributed by atoms with Crippen LogP contribution in [0, 0.1) is 10.8 Å². The molecule has 2 aliphatic heterocycles. The Labute approximate surface area is 169 Å². The lowest BCUT2D eigenvalue weighted by Gasteiger charge is -2.25. The second-order valence-corrected chi connectivity index (χ2v) is 9.11. The SMILES string of the molecule is CC(C)(C)C(=O)OC[C@H]1O[C@@H](N2C=CC(=O)CC2=O)C(=O)[C@@H]1OC(=O)C(C)(C)C. The molecule has 0 aromatic rings. The van der Waals surface area contributed by atoms with Gasteiger partial charge in [0.2, 0.25) is 11.7 Å². The number of esters is 2. The van der Waals surface area contributed by atoms with Crippen LogP contribution in [0.5, 0.6) is 0 Å². The van der Waals surface area contributed by atoms with Crippen LogP contribution in [0.2, 0.25) is 0 Å². The zero-order chi connectivity index (χ0) is 22.1. The Morgan fingerprint density at radius 3 is 2.17 bits per heavy atom. The third kappa shape index (κ3) is 5.29. The van der Waals surface area contributed by atoms with Crippen LogP contribution in [-0.2, 0) is 38.2 Å². The third-order valence-corrected chi connectivity index (χ3v) is 4.29. The van der Waals surface area contributed by atoms with Crippen molar-refractivity contribution in [3.05, 3.63) is 12.3 Å². The highest BCUT2D eigenvalue weighted by atomic mass is 16.6. The molecule has 0 bridgehead atoms. The van der Waals surface area contributed by atoms with Crippen molar-refractivity contribution in [1.82, 2.24) is 4.90 Å². The number of nitrogens with zero attached hydrogens (tertiary/aromatic N) is 1. The molecule has 0 aliphatic carbocycles. The Morgan fingerprint density at radius 1 is 1.07 bits per heavy atom. The molecule has 1 amide bonds. The summed E-state index contributed by atoms with van der Waals surface area (Å²) in [6.45, 7) is 9.57. The largest absolute Gasteiger partial charge is 0.462 e. The van der Waals surface area contributed by atoms with Crippen LogP contribution in [0.3, 0.4) is 0 Å². The van der Waals surface area contributed by atoms with Crippen LogP contribution in [0.15, 0.2) is 12.3 Å². The maximum absolute atomic E-state index is 12.9. The summed E-state index contributed by atoms with van der Waals surface area (Å²) >= 11 is 0. The molecule has 0 N–H and O–H groups in total. The van der Waals surface area contributed by atoms with E-state index in [0.29, 0.717) is 0 Å². The summed E-state index contributed by atoms with van der Waals surface area (Å²) in [5, 5.41) is 0. The van der Waals surface area contributed by atoms with Gasteiger partial charge in [-0.3, -0.25) is 28.9 Å². The summed E-state index contributed by atoms with van der Waals surface area (Å²) in [7, 11) is 0. The van der Waals surface area contributed by atoms with Gasteiger partial charge in [0.25, 0.3) is 0 Å². The molecule has 1 saturated heterocycles. The Hall–Kier alpha value is -2.55. The van der Waals surface area contributed by atoms with Crippen molar-refractivity contribution >= 4 is 29.4 Å². The van der Waals surface area contributed by atoms with Gasteiger partial charge in [-0.2, -0.15) is 0 Å². The fourth-order valence-corrected chi connectivity index (χ4v) is 2.51. The lowest BCUT2D eigenvalue weighted by Crippen LogP contribution is -2.45. The van der Waals surface area contributed by atoms with Gasteiger partial charge in [-0.1, -0.05) is 0 Å². The minimum absolute atomic E-state index is 0.328. The number of ketones is 2. The third-order valence-electron chi connectivity index (χ3n) is 4.29. The number of ether oxygens (including phenoxy) is 3. The molecule has 29 heavy (non-hydrogen) atoms. The first-order valence-corrected chi connectivity index (χ1v) is 9.31. The summed E-state index contributed by atoms with van der Waals surface area (Å²) in [6.07, 6.45) is -1.85. The Bertz CT molecular complexity index is 755. The molecule has 3 atom stereocenters. The van der Waals surface area contributed by atoms with Crippen LogP contribution < -0.4 is 0 Å². The number of Topliss-reactive ketones (excluding diaryl/α,β-unsaturated/α-hetero) is 1. The molecule has 0 aromatic heterocycles. The van der Waals surface area contributed by atoms with Crippen LogP contribution in [-0.4, -0.2) is 59.4 Å². The fourth-order valence-electron chi connectivity index (χ4n) is 2.51. The molecule has 2 aliphatic rings. The van der Waals surface area contributed by atoms with E-state index in [1.54, 1.807) is 41.5 Å². The summed E-state index contributed by atoms with van der Waals surface area (Å²) < 4.78 is 16.2. The van der Waals surface area contributed by atoms with Crippen molar-refractivity contribution in [3.63, 3.8) is 0 Å². The Kier molecular flexibility index (Phi) is 6.32. The molecule has 0 unspecified atom stereocenters. The van der Waals surface area contributed by atoms with E-state index in [4.69, 9.17) is 14.2 Å². The van der Waals surface area contributed by atoms with E-state index in [1.807, 2.05) is 0 Å². The molecule has 0 radical (unpaired) electrons. The predicted octanol–water partition coefficient (Wildman–Crippen LogP) is 1.14. The number of carbonyl (C=O) groups is 5. The van der Waals surface area contributed by atoms with Crippen LogP contribution in [0.1, 0.15) is 48.0 Å². The summed E-state index contributed by atoms with van der Waals surface area (Å²) in [6, 6.07) is 0. The van der Waals surface area contributed by atoms with E-state index in [-0.39, 0.29) is 18.8 Å². The van der Waals surface area contributed by atoms with Gasteiger partial charge in [-0.15, -0.1) is 0 Å². The Morgan fingerprint density at radius 2 is 1.66 bits per heavy atom. The van der Waals surface area contributed by atoms with Crippen LogP contribution >= 0.6 is 0 Å². The van der Waals surface area contributed by atoms with Crippen molar-refractivity contribution in [2.24, 2.45) is 10.8 Å². The first kappa shape index (κ1) is 22.7. The van der Waals surface area contributed by atoms with Crippen molar-refractivity contribution in [3.8, 4) is 0 Å². The summed E-state index contributed by atoms with van der Waals surface area (Å²) in [5.74, 6) is -2.81. The average Bonchev–Trinajstić information content (AvgIpc) is 2.87. The number of rotatable bonds is 4. The van der Waals surface area contributed by atoms with Crippen molar-refractivity contribution in [2.45, 2.75) is 66.4 Å². The lowest BCUT2D eigenvalue weighted by molar-refractivity contribution is -0.170. The highest BCUT2D eigenvalue weighted by molar-refractivity contribution is 6.07. The highest BCUT2D eigenvalue weighted by Gasteiger charge is 2.51. The van der Waals surface area contributed by atoms with Gasteiger partial charge in [0, 0.05) is 6.20 Å². The van der Waals surface area contributed by atoms with Crippen molar-refractivity contribution in [2.75, 3.05) is 6.61 Å². The molecule has 9 heteroatoms. The number of carbonyl (C=O) groups excluding carboxylic acids is 5. The lowest BCUT2D eigenvalue weighted by atomic mass is 9.97. The van der Waals surface area contributed by atoms with E-state index < -0.39 is 52.9 Å². The molecule has 2 rings (SSSR count). The maximum Gasteiger partial charge on any atom is 0.312 e. The fraction of sp³-hybridized carbons (Fsp3) is 0.650. The quantitative estimate of drug-likeness (QED) is 0.501. The predicted molar refractivity (Wildman–Crippen MR) is 99.0 cm³/mol. The molecular formula is C20H27NO8. The van der Waals surface area contributed by atoms with Crippen molar-refractivity contribution in [1.29, 1.82) is 0 Å². The molecule has 0 aromatic carbocycles. The topological polar surface area (TPSA) is 116 Å². The summed E-state index contributed by atoms with van der Waals surface area (Å²) in [5.41, 5.74) is -1.65. The first-order valence-electron chi connectivity index (χ1n) is 9.31. The van der Waals surface area contributed by atoms with Crippen LogP contribution in [0.4, 0.5) is 0 Å². The van der Waals surface area contributed by atoms with E-state index >= 15 is 0 Å². The average molecular weight is 409 g/mol. The van der Waals surface area contributed by atoms with Gasteiger partial charge in [0.05, 0.1) is 17.3 Å². The normalized spacial score (nSPS) is 25.4. The monoisotopic (exact) mass is 409 g/mol. The number of hydrogen-bond donors (Lipinski definition) is 0. The molecule has 160 valence electrons. The van der Waals surface area contributed by atoms with Gasteiger partial charge in [0.15, 0.2) is 18.1 Å². The summed E-state index contributed by atoms with van der Waals surface area (Å²) in [4.78, 5) is 61.8. The molecule has 0 spiro atoms. The number of amides is 1. The molecule has 2 heterocycles. The minimum Gasteiger partial charge on any atom is -0.462 e. The van der Waals surface area contributed by atoms with Crippen molar-refractivity contribution < 1.29 is 38.2 Å². The van der Waals surface area contributed by atoms with Crippen LogP contribution in [0.25, 0.3) is 0 Å². The first-order chi connectivity index (χ1) is 13.2. The smallest absolute Gasteiger partial charge is 0.312 e. The van der Waals surface area contributed by atoms with E-state index in [2.05, 4.69) is 0 Å². The highest BCUT2D eigenvalue weighted by Crippen LogP contribution is 2.28. The van der Waals surface area contributed by atoms with Gasteiger partial charge >= 0.3 is 11.9 Å². The zero-order valence-electron chi connectivity index (χ0n) is 17.5. The number of allylic oxidation sites excluding steroid dienone is 1. The van der Waals surface area contributed by atoms with Gasteiger partial charge in [-0.25, -0.2) is 0 Å². The minimum atomic E-state index is -1.37.